The van der Waals surface area contributed by atoms with Gasteiger partial charge in [-0.15, -0.1) is 0 Å². The van der Waals surface area contributed by atoms with E-state index in [9.17, 15) is 14.7 Å². The molecule has 0 heterocycles. The van der Waals surface area contributed by atoms with Crippen LogP contribution in [-0.4, -0.2) is 28.1 Å². The van der Waals surface area contributed by atoms with Crippen LogP contribution in [0.5, 0.6) is 0 Å². The van der Waals surface area contributed by atoms with Crippen molar-refractivity contribution in [2.24, 2.45) is 0 Å². The number of allylic oxidation sites excluding steroid dienone is 3. The summed E-state index contributed by atoms with van der Waals surface area (Å²) < 4.78 is 0. The van der Waals surface area contributed by atoms with Crippen LogP contribution >= 0.6 is 0 Å². The van der Waals surface area contributed by atoms with E-state index in [1.54, 1.807) is 6.08 Å². The lowest BCUT2D eigenvalue weighted by atomic mass is 10.0. The Morgan fingerprint density at radius 2 is 1.58 bits per heavy atom. The molecule has 0 spiro atoms. The molecule has 24 heavy (non-hydrogen) atoms. The van der Waals surface area contributed by atoms with Gasteiger partial charge in [-0.25, -0.2) is 4.79 Å². The number of aliphatic hydroxyl groups excluding tert-OH is 1. The van der Waals surface area contributed by atoms with Crippen LogP contribution < -0.4 is 0 Å². The number of carboxylic acids is 1. The van der Waals surface area contributed by atoms with E-state index in [4.69, 9.17) is 5.11 Å². The Labute approximate surface area is 146 Å². The highest BCUT2D eigenvalue weighted by Crippen LogP contribution is 2.12. The van der Waals surface area contributed by atoms with Crippen LogP contribution in [0.4, 0.5) is 0 Å². The zero-order valence-corrected chi connectivity index (χ0v) is 15.1. The number of hydrogen-bond acceptors (Lipinski definition) is 3. The first kappa shape index (κ1) is 22.6. The minimum absolute atomic E-state index is 0.0245. The van der Waals surface area contributed by atoms with Crippen molar-refractivity contribution in [2.45, 2.75) is 90.1 Å². The van der Waals surface area contributed by atoms with E-state index in [1.807, 2.05) is 6.08 Å². The fourth-order valence-corrected chi connectivity index (χ4v) is 2.50. The number of carbonyl (C=O) groups is 2. The van der Waals surface area contributed by atoms with Crippen LogP contribution in [0, 0.1) is 0 Å². The van der Waals surface area contributed by atoms with Crippen molar-refractivity contribution < 1.29 is 19.8 Å². The van der Waals surface area contributed by atoms with Crippen molar-refractivity contribution in [3.8, 4) is 0 Å². The van der Waals surface area contributed by atoms with Gasteiger partial charge in [-0.3, -0.25) is 4.79 Å². The lowest BCUT2D eigenvalue weighted by Gasteiger charge is -2.09. The third-order valence-corrected chi connectivity index (χ3v) is 3.98. The van der Waals surface area contributed by atoms with Gasteiger partial charge in [0.05, 0.1) is 0 Å². The van der Waals surface area contributed by atoms with Crippen molar-refractivity contribution in [2.75, 3.05) is 0 Å². The second kappa shape index (κ2) is 16.4. The lowest BCUT2D eigenvalue weighted by Crippen LogP contribution is -2.19. The number of Topliss-reactive ketones (excluding diaryl/α,β-unsaturated/α-hetero) is 1. The van der Waals surface area contributed by atoms with Gasteiger partial charge in [0, 0.05) is 12.5 Å². The topological polar surface area (TPSA) is 74.6 Å². The van der Waals surface area contributed by atoms with E-state index in [2.05, 4.69) is 6.92 Å². The fraction of sp³-hybridized carbons (Fsp3) is 0.700. The van der Waals surface area contributed by atoms with Gasteiger partial charge >= 0.3 is 5.97 Å². The average Bonchev–Trinajstić information content (AvgIpc) is 2.55. The Kier molecular flexibility index (Phi) is 15.5. The Morgan fingerprint density at radius 1 is 0.917 bits per heavy atom. The van der Waals surface area contributed by atoms with Crippen LogP contribution in [0.25, 0.3) is 0 Å². The first-order chi connectivity index (χ1) is 11.6. The molecule has 0 amide bonds. The largest absolute Gasteiger partial charge is 0.478 e. The maximum Gasteiger partial charge on any atom is 0.328 e. The molecule has 0 aromatic heterocycles. The molecule has 0 radical (unpaired) electrons. The number of carbonyl (C=O) groups excluding carboxylic acids is 1. The molecule has 0 aliphatic rings. The minimum atomic E-state index is -0.947. The highest BCUT2D eigenvalue weighted by molar-refractivity contribution is 5.82. The molecule has 1 atom stereocenters. The molecule has 138 valence electrons. The standard InChI is InChI=1S/C20H34O4/c1-2-3-4-5-9-12-15-18(21)19(22)16-13-10-7-6-8-11-14-17-20(23)24/h8,11,14,17-18,21H,2-7,9-10,12-13,15-16H2,1H3,(H,23,24). The average molecular weight is 338 g/mol. The van der Waals surface area contributed by atoms with E-state index in [0.29, 0.717) is 12.8 Å². The number of rotatable bonds is 16. The van der Waals surface area contributed by atoms with Crippen LogP contribution in [-0.2, 0) is 9.59 Å². The first-order valence-corrected chi connectivity index (χ1v) is 9.34. The molecular weight excluding hydrogens is 304 g/mol. The summed E-state index contributed by atoms with van der Waals surface area (Å²) in [5, 5.41) is 18.3. The summed E-state index contributed by atoms with van der Waals surface area (Å²) in [5.41, 5.74) is 0. The van der Waals surface area contributed by atoms with Crippen molar-refractivity contribution in [3.63, 3.8) is 0 Å². The van der Waals surface area contributed by atoms with E-state index >= 15 is 0 Å². The second-order valence-corrected chi connectivity index (χ2v) is 6.26. The molecule has 0 aliphatic carbocycles. The van der Waals surface area contributed by atoms with Crippen LogP contribution in [0.15, 0.2) is 24.3 Å². The molecule has 1 unspecified atom stereocenters. The Morgan fingerprint density at radius 3 is 2.29 bits per heavy atom. The van der Waals surface area contributed by atoms with Crippen LogP contribution in [0.2, 0.25) is 0 Å². The molecule has 0 fully saturated rings. The molecule has 0 saturated carbocycles. The summed E-state index contributed by atoms with van der Waals surface area (Å²) in [6, 6.07) is 0. The molecule has 0 aromatic rings. The maximum absolute atomic E-state index is 11.8. The van der Waals surface area contributed by atoms with Crippen molar-refractivity contribution >= 4 is 11.8 Å². The number of aliphatic carboxylic acids is 1. The minimum Gasteiger partial charge on any atom is -0.478 e. The number of carboxylic acid groups (broad SMARTS) is 1. The number of hydrogen-bond donors (Lipinski definition) is 2. The first-order valence-electron chi connectivity index (χ1n) is 9.34. The third kappa shape index (κ3) is 15.5. The van der Waals surface area contributed by atoms with Crippen LogP contribution in [0.1, 0.15) is 84.0 Å². The van der Waals surface area contributed by atoms with Crippen LogP contribution in [0.3, 0.4) is 0 Å². The third-order valence-electron chi connectivity index (χ3n) is 3.98. The van der Waals surface area contributed by atoms with Gasteiger partial charge in [-0.2, -0.15) is 0 Å². The Bertz CT molecular complexity index is 385. The highest BCUT2D eigenvalue weighted by Gasteiger charge is 2.13. The number of ketones is 1. The predicted octanol–water partition coefficient (Wildman–Crippen LogP) is 4.81. The van der Waals surface area contributed by atoms with Gasteiger partial charge in [-0.1, -0.05) is 70.1 Å². The molecule has 2 N–H and O–H groups in total. The summed E-state index contributed by atoms with van der Waals surface area (Å²) >= 11 is 0. The van der Waals surface area contributed by atoms with E-state index in [1.165, 1.54) is 31.8 Å². The van der Waals surface area contributed by atoms with Gasteiger partial charge in [0.2, 0.25) is 0 Å². The maximum atomic E-state index is 11.8. The normalized spacial score (nSPS) is 12.9. The highest BCUT2D eigenvalue weighted by atomic mass is 16.4. The molecule has 0 aromatic carbocycles. The van der Waals surface area contributed by atoms with E-state index < -0.39 is 12.1 Å². The van der Waals surface area contributed by atoms with Crippen molar-refractivity contribution in [3.05, 3.63) is 24.3 Å². The summed E-state index contributed by atoms with van der Waals surface area (Å²) in [7, 11) is 0. The molecule has 0 saturated heterocycles. The fourth-order valence-electron chi connectivity index (χ4n) is 2.50. The van der Waals surface area contributed by atoms with E-state index in [-0.39, 0.29) is 5.78 Å². The van der Waals surface area contributed by atoms with Gasteiger partial charge in [-0.05, 0) is 25.7 Å². The zero-order chi connectivity index (χ0) is 18.0. The Balaban J connectivity index is 3.52. The van der Waals surface area contributed by atoms with Crippen molar-refractivity contribution in [1.29, 1.82) is 0 Å². The molecule has 4 heteroatoms. The summed E-state index contributed by atoms with van der Waals surface area (Å²) in [6.07, 6.45) is 17.1. The van der Waals surface area contributed by atoms with Gasteiger partial charge in [0.25, 0.3) is 0 Å². The summed E-state index contributed by atoms with van der Waals surface area (Å²) in [4.78, 5) is 22.1. The predicted molar refractivity (Wildman–Crippen MR) is 98.0 cm³/mol. The van der Waals surface area contributed by atoms with E-state index in [0.717, 1.165) is 44.6 Å². The monoisotopic (exact) mass is 338 g/mol. The van der Waals surface area contributed by atoms with Gasteiger partial charge in [0.15, 0.2) is 5.78 Å². The molecule has 4 nitrogen and oxygen atoms in total. The molecular formula is C20H34O4. The Hall–Kier alpha value is -1.42. The summed E-state index contributed by atoms with van der Waals surface area (Å²) in [5.74, 6) is -0.971. The quantitative estimate of drug-likeness (QED) is 0.240. The lowest BCUT2D eigenvalue weighted by molar-refractivity contribution is -0.131. The SMILES string of the molecule is CCCCCCCCC(O)C(=O)CCCCCC=CC=CC(=O)O. The van der Waals surface area contributed by atoms with Gasteiger partial charge in [0.1, 0.15) is 6.10 Å². The number of unbranched alkanes of at least 4 members (excludes halogenated alkanes) is 8. The zero-order valence-electron chi connectivity index (χ0n) is 15.1. The molecule has 0 rings (SSSR count). The molecule has 0 bridgehead atoms. The van der Waals surface area contributed by atoms with Gasteiger partial charge < -0.3 is 10.2 Å². The molecule has 0 aliphatic heterocycles. The smallest absolute Gasteiger partial charge is 0.328 e. The van der Waals surface area contributed by atoms with Crippen molar-refractivity contribution in [1.82, 2.24) is 0 Å². The second-order valence-electron chi connectivity index (χ2n) is 6.26. The summed E-state index contributed by atoms with van der Waals surface area (Å²) in [6.45, 7) is 2.19. The number of aliphatic hydroxyl groups is 1.